The lowest BCUT2D eigenvalue weighted by Crippen LogP contribution is -2.11. The number of nitrogens with zero attached hydrogens (tertiary/aromatic N) is 4. The minimum Gasteiger partial charge on any atom is -0.306 e. The Labute approximate surface area is 329 Å². The zero-order valence-electron chi connectivity index (χ0n) is 35.4. The number of benzene rings is 5. The average molecular weight is 735 g/mol. The van der Waals surface area contributed by atoms with Crippen molar-refractivity contribution < 1.29 is 0 Å². The van der Waals surface area contributed by atoms with Crippen molar-refractivity contribution in [3.63, 3.8) is 0 Å². The number of hydrogen-bond donors (Lipinski definition) is 0. The van der Waals surface area contributed by atoms with E-state index in [-0.39, 0.29) is 21.7 Å². The van der Waals surface area contributed by atoms with Crippen molar-refractivity contribution in [1.82, 2.24) is 18.8 Å². The van der Waals surface area contributed by atoms with Crippen LogP contribution in [0.15, 0.2) is 60.7 Å². The topological polar surface area (TPSA) is 34.6 Å². The van der Waals surface area contributed by atoms with E-state index in [0.717, 1.165) is 23.9 Å². The Bertz CT molecular complexity index is 3100. The van der Waals surface area contributed by atoms with Crippen LogP contribution in [0.3, 0.4) is 0 Å². The van der Waals surface area contributed by atoms with Crippen LogP contribution in [0.2, 0.25) is 0 Å². The van der Waals surface area contributed by atoms with Gasteiger partial charge in [-0.15, -0.1) is 0 Å². The van der Waals surface area contributed by atoms with Crippen LogP contribution in [0.4, 0.5) is 0 Å². The first-order valence-corrected chi connectivity index (χ1v) is 21.0. The molecule has 0 radical (unpaired) electrons. The minimum absolute atomic E-state index is 0.0337. The van der Waals surface area contributed by atoms with E-state index >= 15 is 0 Å². The van der Waals surface area contributed by atoms with Crippen molar-refractivity contribution >= 4 is 87.2 Å². The van der Waals surface area contributed by atoms with Gasteiger partial charge in [0.1, 0.15) is 0 Å². The van der Waals surface area contributed by atoms with Gasteiger partial charge in [-0.1, -0.05) is 95.2 Å². The summed E-state index contributed by atoms with van der Waals surface area (Å²) < 4.78 is 5.26. The van der Waals surface area contributed by atoms with E-state index in [2.05, 4.69) is 153 Å². The lowest BCUT2D eigenvalue weighted by atomic mass is 9.84. The number of fused-ring (bicyclic) bond motifs is 17. The summed E-state index contributed by atoms with van der Waals surface area (Å²) in [6.07, 6.45) is 4.34. The maximum atomic E-state index is 5.73. The molecule has 0 saturated heterocycles. The van der Waals surface area contributed by atoms with Gasteiger partial charge in [0.15, 0.2) is 0 Å². The van der Waals surface area contributed by atoms with Crippen LogP contribution in [0.25, 0.3) is 87.2 Å². The number of aromatic nitrogens is 4. The Morgan fingerprint density at radius 3 is 1.09 bits per heavy atom. The summed E-state index contributed by atoms with van der Waals surface area (Å²) in [6.45, 7) is 28.1. The summed E-state index contributed by atoms with van der Waals surface area (Å²) in [7, 11) is 0. The highest BCUT2D eigenvalue weighted by Gasteiger charge is 2.32. The van der Waals surface area contributed by atoms with E-state index in [1.54, 1.807) is 0 Å². The van der Waals surface area contributed by atoms with E-state index < -0.39 is 0 Å². The van der Waals surface area contributed by atoms with Crippen molar-refractivity contribution in [1.29, 1.82) is 0 Å². The van der Waals surface area contributed by atoms with Crippen molar-refractivity contribution in [3.05, 3.63) is 94.3 Å². The molecule has 56 heavy (non-hydrogen) atoms. The fourth-order valence-electron chi connectivity index (χ4n) is 10.2. The molecule has 282 valence electrons. The molecule has 5 aromatic heterocycles. The Balaban J connectivity index is 1.49. The lowest BCUT2D eigenvalue weighted by molar-refractivity contribution is 0.590. The molecular formula is C52H54N4. The molecule has 10 aromatic rings. The monoisotopic (exact) mass is 734 g/mol. The molecular weight excluding hydrogens is 681 g/mol. The third-order valence-electron chi connectivity index (χ3n) is 13.5. The van der Waals surface area contributed by atoms with Gasteiger partial charge in [0.05, 0.1) is 55.5 Å². The highest BCUT2D eigenvalue weighted by atomic mass is 15.0. The van der Waals surface area contributed by atoms with E-state index in [1.807, 2.05) is 0 Å². The van der Waals surface area contributed by atoms with Crippen LogP contribution in [-0.2, 0) is 34.5 Å². The largest absolute Gasteiger partial charge is 0.306 e. The molecule has 0 amide bonds. The second-order valence-electron chi connectivity index (χ2n) is 21.4. The lowest BCUT2D eigenvalue weighted by Gasteiger charge is -2.21. The Hall–Kier alpha value is -4.96. The molecule has 0 atom stereocenters. The third kappa shape index (κ3) is 4.42. The number of rotatable bonds is 0. The Morgan fingerprint density at radius 2 is 0.732 bits per heavy atom. The highest BCUT2D eigenvalue weighted by Crippen LogP contribution is 2.51. The molecule has 0 aliphatic heterocycles. The summed E-state index contributed by atoms with van der Waals surface area (Å²) in [5.74, 6) is 0. The molecule has 5 heterocycles. The molecule has 0 unspecified atom stereocenters. The summed E-state index contributed by atoms with van der Waals surface area (Å²) in [5.41, 5.74) is 17.6. The molecule has 5 aromatic carbocycles. The number of aryl methyl sites for hydroxylation is 2. The van der Waals surface area contributed by atoms with Gasteiger partial charge in [-0.2, -0.15) is 0 Å². The zero-order valence-corrected chi connectivity index (χ0v) is 35.4. The van der Waals surface area contributed by atoms with Gasteiger partial charge in [-0.25, -0.2) is 9.97 Å². The summed E-state index contributed by atoms with van der Waals surface area (Å²) in [4.78, 5) is 11.5. The fourth-order valence-corrected chi connectivity index (χ4v) is 10.2. The van der Waals surface area contributed by atoms with Gasteiger partial charge >= 0.3 is 0 Å². The summed E-state index contributed by atoms with van der Waals surface area (Å²) in [5, 5.41) is 10.4. The Morgan fingerprint density at radius 1 is 0.393 bits per heavy atom. The molecule has 0 bridgehead atoms. The smallest absolute Gasteiger partial charge is 0.0998 e. The first kappa shape index (κ1) is 34.3. The SMILES string of the molecule is CC(C)(C)c1ccc2c(c1)c1cc(C(C)(C)C)cc3c4c5nc6c(nc5c5c7cc(C(C)(C)C)cc8c9cc(C(C)(C)C)ccc9n(c87)c5c4n2c13)CCCC6. The molecule has 0 N–H and O–H groups in total. The van der Waals surface area contributed by atoms with Crippen LogP contribution in [0, 0.1) is 0 Å². The molecule has 0 saturated carbocycles. The minimum atomic E-state index is -0.0337. The molecule has 4 heteroatoms. The van der Waals surface area contributed by atoms with Gasteiger partial charge in [-0.3, -0.25) is 0 Å². The van der Waals surface area contributed by atoms with Gasteiger partial charge in [0.2, 0.25) is 0 Å². The van der Waals surface area contributed by atoms with E-state index in [4.69, 9.17) is 9.97 Å². The van der Waals surface area contributed by atoms with Crippen molar-refractivity contribution in [2.24, 2.45) is 0 Å². The molecule has 1 aliphatic carbocycles. The van der Waals surface area contributed by atoms with Gasteiger partial charge < -0.3 is 8.80 Å². The number of hydrogen-bond acceptors (Lipinski definition) is 2. The van der Waals surface area contributed by atoms with Crippen molar-refractivity contribution in [2.75, 3.05) is 0 Å². The van der Waals surface area contributed by atoms with Gasteiger partial charge in [-0.05, 0) is 118 Å². The van der Waals surface area contributed by atoms with Crippen LogP contribution in [0.5, 0.6) is 0 Å². The molecule has 1 aliphatic rings. The second kappa shape index (κ2) is 10.5. The summed E-state index contributed by atoms with van der Waals surface area (Å²) in [6, 6.07) is 24.5. The van der Waals surface area contributed by atoms with Crippen molar-refractivity contribution in [3.8, 4) is 0 Å². The zero-order chi connectivity index (χ0) is 39.2. The van der Waals surface area contributed by atoms with Crippen molar-refractivity contribution in [2.45, 2.75) is 130 Å². The van der Waals surface area contributed by atoms with E-state index in [0.29, 0.717) is 0 Å². The molecule has 11 rings (SSSR count). The molecule has 0 fully saturated rings. The third-order valence-corrected chi connectivity index (χ3v) is 13.5. The summed E-state index contributed by atoms with van der Waals surface area (Å²) >= 11 is 0. The fraction of sp³-hybridized carbons (Fsp3) is 0.385. The molecule has 4 nitrogen and oxygen atoms in total. The van der Waals surface area contributed by atoms with Crippen LogP contribution in [0.1, 0.15) is 130 Å². The van der Waals surface area contributed by atoms with E-state index in [9.17, 15) is 0 Å². The Kier molecular flexibility index (Phi) is 6.43. The standard InChI is InChI=1S/C52H54N4/c1-49(2,3)27-17-19-39-31(21-27)33-23-29(51(7,8)9)25-35-41-43-44(54-38-16-14-13-15-37(38)53-43)42-36-26-30(52(10,11)12)24-34-32-22-28(50(4,5)6)18-20-40(32)56(46(34)36)48(42)47(41)55(39)45(33)35/h17-26H,13-16H2,1-12H3. The van der Waals surface area contributed by atoms with E-state index in [1.165, 1.54) is 123 Å². The first-order valence-electron chi connectivity index (χ1n) is 21.0. The van der Waals surface area contributed by atoms with Gasteiger partial charge in [0.25, 0.3) is 0 Å². The highest BCUT2D eigenvalue weighted by molar-refractivity contribution is 6.39. The maximum absolute atomic E-state index is 5.73. The predicted octanol–water partition coefficient (Wildman–Crippen LogP) is 14.0. The average Bonchev–Trinajstić information content (AvgIpc) is 3.85. The normalized spacial score (nSPS) is 15.2. The van der Waals surface area contributed by atoms with Crippen LogP contribution in [-0.4, -0.2) is 18.8 Å². The molecule has 0 spiro atoms. The quantitative estimate of drug-likeness (QED) is 0.155. The van der Waals surface area contributed by atoms with Crippen LogP contribution < -0.4 is 0 Å². The van der Waals surface area contributed by atoms with Gasteiger partial charge in [0, 0.05) is 43.1 Å². The maximum Gasteiger partial charge on any atom is 0.0998 e. The van der Waals surface area contributed by atoms with Crippen LogP contribution >= 0.6 is 0 Å². The predicted molar refractivity (Wildman–Crippen MR) is 240 cm³/mol. The first-order chi connectivity index (χ1) is 26.3. The second-order valence-corrected chi connectivity index (χ2v) is 21.4.